The Bertz CT molecular complexity index is 1220. The lowest BCUT2D eigenvalue weighted by atomic mass is 10.1. The predicted molar refractivity (Wildman–Crippen MR) is 110 cm³/mol. The molecule has 0 spiro atoms. The molecule has 1 aliphatic rings. The van der Waals surface area contributed by atoms with Gasteiger partial charge in [0.15, 0.2) is 6.10 Å². The van der Waals surface area contributed by atoms with Crippen molar-refractivity contribution in [2.45, 2.75) is 24.4 Å². The molecule has 1 aromatic heterocycles. The first-order valence-electron chi connectivity index (χ1n) is 9.13. The van der Waals surface area contributed by atoms with Gasteiger partial charge in [0.05, 0.1) is 6.61 Å². The summed E-state index contributed by atoms with van der Waals surface area (Å²) in [5.41, 5.74) is -0.794. The quantitative estimate of drug-likeness (QED) is 0.511. The fourth-order valence-corrected chi connectivity index (χ4v) is 3.70. The average Bonchev–Trinajstić information content (AvgIpc) is 2.96. The first kappa shape index (κ1) is 21.5. The van der Waals surface area contributed by atoms with E-state index in [9.17, 15) is 23.5 Å². The van der Waals surface area contributed by atoms with Gasteiger partial charge in [-0.2, -0.15) is 13.8 Å². The van der Waals surface area contributed by atoms with Crippen LogP contribution in [0.5, 0.6) is 0 Å². The highest BCUT2D eigenvalue weighted by Gasteiger charge is 2.59. The second-order valence-corrected chi connectivity index (χ2v) is 7.91. The molecule has 0 bridgehead atoms. The van der Waals surface area contributed by atoms with Crippen LogP contribution in [0, 0.1) is 0 Å². The normalized spacial score (nSPS) is 22.5. The second kappa shape index (κ2) is 8.08. The molecular formula is C20H16BrF2N3O5. The van der Waals surface area contributed by atoms with Gasteiger partial charge in [-0.05, 0) is 41.1 Å². The van der Waals surface area contributed by atoms with Gasteiger partial charge >= 0.3 is 11.6 Å². The summed E-state index contributed by atoms with van der Waals surface area (Å²) in [7, 11) is 0. The van der Waals surface area contributed by atoms with Gasteiger partial charge < -0.3 is 20.3 Å². The number of aromatic nitrogens is 2. The first-order chi connectivity index (χ1) is 14.7. The summed E-state index contributed by atoms with van der Waals surface area (Å²) in [5.74, 6) is -4.49. The van der Waals surface area contributed by atoms with Crippen LogP contribution in [0.1, 0.15) is 16.6 Å². The summed E-state index contributed by atoms with van der Waals surface area (Å²) >= 11 is 3.38. The van der Waals surface area contributed by atoms with Crippen molar-refractivity contribution in [3.05, 3.63) is 69.2 Å². The number of nitrogens with one attached hydrogen (secondary N) is 1. The Morgan fingerprint density at radius 1 is 1.23 bits per heavy atom. The third kappa shape index (κ3) is 3.97. The van der Waals surface area contributed by atoms with E-state index in [0.29, 0.717) is 10.1 Å². The number of nitrogens with zero attached hydrogens (tertiary/aromatic N) is 2. The van der Waals surface area contributed by atoms with E-state index in [2.05, 4.69) is 26.2 Å². The molecule has 3 aromatic rings. The van der Waals surface area contributed by atoms with Crippen molar-refractivity contribution in [2.75, 3.05) is 11.9 Å². The summed E-state index contributed by atoms with van der Waals surface area (Å²) in [5, 5.41) is 22.9. The number of fused-ring (bicyclic) bond motifs is 1. The van der Waals surface area contributed by atoms with Gasteiger partial charge in [-0.1, -0.05) is 28.1 Å². The van der Waals surface area contributed by atoms with E-state index in [4.69, 9.17) is 9.84 Å². The smallest absolute Gasteiger partial charge is 0.351 e. The number of aliphatic hydroxyl groups is 2. The molecule has 3 N–H and O–H groups in total. The van der Waals surface area contributed by atoms with Crippen molar-refractivity contribution >= 4 is 38.4 Å². The number of aliphatic hydroxyl groups excluding tert-OH is 2. The van der Waals surface area contributed by atoms with Crippen molar-refractivity contribution in [2.24, 2.45) is 0 Å². The summed E-state index contributed by atoms with van der Waals surface area (Å²) in [6.45, 7) is -0.841. The summed E-state index contributed by atoms with van der Waals surface area (Å²) < 4.78 is 34.8. The summed E-state index contributed by atoms with van der Waals surface area (Å²) in [6.07, 6.45) is -4.97. The molecule has 11 heteroatoms. The van der Waals surface area contributed by atoms with E-state index in [1.165, 1.54) is 0 Å². The van der Waals surface area contributed by atoms with Gasteiger partial charge in [0.1, 0.15) is 11.9 Å². The fourth-order valence-electron chi connectivity index (χ4n) is 3.33. The molecule has 162 valence electrons. The van der Waals surface area contributed by atoms with Crippen LogP contribution in [0.25, 0.3) is 10.8 Å². The van der Waals surface area contributed by atoms with E-state index in [1.54, 1.807) is 18.2 Å². The fraction of sp³-hybridized carbons (Fsp3) is 0.250. The van der Waals surface area contributed by atoms with Crippen LogP contribution >= 0.6 is 15.9 Å². The number of alkyl halides is 2. The van der Waals surface area contributed by atoms with Crippen LogP contribution in [0.4, 0.5) is 14.6 Å². The molecular weight excluding hydrogens is 480 g/mol. The summed E-state index contributed by atoms with van der Waals surface area (Å²) in [4.78, 5) is 28.4. The third-order valence-electron chi connectivity index (χ3n) is 4.95. The zero-order valence-corrected chi connectivity index (χ0v) is 17.3. The number of carbonyl (C=O) groups is 1. The molecule has 0 aliphatic carbocycles. The largest absolute Gasteiger partial charge is 0.394 e. The molecule has 0 saturated carbocycles. The molecule has 1 aliphatic heterocycles. The molecule has 31 heavy (non-hydrogen) atoms. The number of carbonyl (C=O) groups excluding carboxylic acids is 1. The zero-order chi connectivity index (χ0) is 22.3. The van der Waals surface area contributed by atoms with Crippen molar-refractivity contribution < 1.29 is 28.5 Å². The number of rotatable bonds is 4. The Morgan fingerprint density at radius 2 is 1.94 bits per heavy atom. The van der Waals surface area contributed by atoms with Gasteiger partial charge in [-0.25, -0.2) is 4.79 Å². The molecule has 0 unspecified atom stereocenters. The first-order valence-corrected chi connectivity index (χ1v) is 9.92. The van der Waals surface area contributed by atoms with E-state index < -0.39 is 42.6 Å². The lowest BCUT2D eigenvalue weighted by Gasteiger charge is -2.21. The maximum atomic E-state index is 14.2. The van der Waals surface area contributed by atoms with Crippen LogP contribution < -0.4 is 11.0 Å². The molecule has 3 atom stereocenters. The van der Waals surface area contributed by atoms with Gasteiger partial charge in [0.2, 0.25) is 6.23 Å². The molecule has 1 saturated heterocycles. The Morgan fingerprint density at radius 3 is 2.61 bits per heavy atom. The average molecular weight is 496 g/mol. The van der Waals surface area contributed by atoms with Crippen molar-refractivity contribution in [1.82, 2.24) is 9.55 Å². The molecule has 1 fully saturated rings. The van der Waals surface area contributed by atoms with Crippen LogP contribution in [0.3, 0.4) is 0 Å². The van der Waals surface area contributed by atoms with Crippen LogP contribution in [0.15, 0.2) is 57.9 Å². The number of benzene rings is 2. The lowest BCUT2D eigenvalue weighted by Crippen LogP contribution is -2.41. The molecule has 2 heterocycles. The number of amides is 1. The van der Waals surface area contributed by atoms with Gasteiger partial charge in [0.25, 0.3) is 5.91 Å². The molecule has 8 nitrogen and oxygen atoms in total. The van der Waals surface area contributed by atoms with Crippen molar-refractivity contribution in [3.63, 3.8) is 0 Å². The monoisotopic (exact) mass is 495 g/mol. The van der Waals surface area contributed by atoms with Crippen LogP contribution in [0.2, 0.25) is 0 Å². The van der Waals surface area contributed by atoms with E-state index >= 15 is 0 Å². The second-order valence-electron chi connectivity index (χ2n) is 6.99. The minimum atomic E-state index is -3.82. The minimum Gasteiger partial charge on any atom is -0.394 e. The van der Waals surface area contributed by atoms with Crippen LogP contribution in [-0.4, -0.2) is 50.4 Å². The maximum Gasteiger partial charge on any atom is 0.351 e. The van der Waals surface area contributed by atoms with Crippen molar-refractivity contribution in [3.8, 4) is 0 Å². The van der Waals surface area contributed by atoms with E-state index in [1.807, 2.05) is 18.2 Å². The highest BCUT2D eigenvalue weighted by Crippen LogP contribution is 2.42. The molecule has 0 radical (unpaired) electrons. The minimum absolute atomic E-state index is 0.136. The number of anilines is 1. The van der Waals surface area contributed by atoms with Gasteiger partial charge in [-0.15, -0.1) is 0 Å². The number of ether oxygens (including phenoxy) is 1. The SMILES string of the molecule is O=C(Nc1ccn([C@@H]2O[C@H](CO)[C@H](O)C2(F)F)c(=O)n1)c1ccc2cc(Br)ccc2c1. The van der Waals surface area contributed by atoms with Gasteiger partial charge in [0, 0.05) is 16.2 Å². The Hall–Kier alpha value is -2.73. The Labute approximate surface area is 182 Å². The number of hydrogen-bond donors (Lipinski definition) is 3. The molecule has 4 rings (SSSR count). The maximum absolute atomic E-state index is 14.2. The highest BCUT2D eigenvalue weighted by molar-refractivity contribution is 9.10. The van der Waals surface area contributed by atoms with E-state index in [0.717, 1.165) is 27.5 Å². The van der Waals surface area contributed by atoms with Crippen LogP contribution in [-0.2, 0) is 4.74 Å². The third-order valence-corrected chi connectivity index (χ3v) is 5.44. The number of hydrogen-bond acceptors (Lipinski definition) is 6. The highest BCUT2D eigenvalue weighted by atomic mass is 79.9. The lowest BCUT2D eigenvalue weighted by molar-refractivity contribution is -0.140. The van der Waals surface area contributed by atoms with Gasteiger partial charge in [-0.3, -0.25) is 9.36 Å². The summed E-state index contributed by atoms with van der Waals surface area (Å²) in [6, 6.07) is 11.8. The predicted octanol–water partition coefficient (Wildman–Crippen LogP) is 2.30. The van der Waals surface area contributed by atoms with Crippen molar-refractivity contribution in [1.29, 1.82) is 0 Å². The molecule has 1 amide bonds. The standard InChI is InChI=1S/C20H16BrF2N3O5/c21-13-4-3-10-7-12(2-1-11(10)8-13)17(29)24-15-5-6-26(19(30)25-15)18-20(22,23)16(28)14(9-27)31-18/h1-8,14,16,18,27-28H,9H2,(H,24,25,29,30)/t14-,16+,18-/m1/s1. The number of halogens is 3. The Balaban J connectivity index is 1.55. The molecule has 2 aromatic carbocycles. The van der Waals surface area contributed by atoms with E-state index in [-0.39, 0.29) is 5.82 Å². The zero-order valence-electron chi connectivity index (χ0n) is 15.7. The topological polar surface area (TPSA) is 114 Å². The Kier molecular flexibility index (Phi) is 5.60.